The van der Waals surface area contributed by atoms with E-state index < -0.39 is 11.6 Å². The second-order valence-electron chi connectivity index (χ2n) is 3.18. The number of halogens is 3. The lowest BCUT2D eigenvalue weighted by Gasteiger charge is -2.08. The van der Waals surface area contributed by atoms with Crippen LogP contribution in [0.3, 0.4) is 0 Å². The quantitative estimate of drug-likeness (QED) is 0.867. The Morgan fingerprint density at radius 2 is 2.12 bits per heavy atom. The normalized spacial score (nSPS) is 10.4. The smallest absolute Gasteiger partial charge is 0.150 e. The summed E-state index contributed by atoms with van der Waals surface area (Å²) >= 11 is 7.29. The third-order valence-corrected chi connectivity index (χ3v) is 3.20. The zero-order chi connectivity index (χ0) is 11.5. The fraction of sp³-hybridized carbons (Fsp3) is 0.0909. The maximum absolute atomic E-state index is 13.4. The van der Waals surface area contributed by atoms with E-state index in [-0.39, 0.29) is 10.7 Å². The van der Waals surface area contributed by atoms with Gasteiger partial charge >= 0.3 is 0 Å². The summed E-state index contributed by atoms with van der Waals surface area (Å²) in [5, 5.41) is 4.83. The fourth-order valence-electron chi connectivity index (χ4n) is 1.30. The van der Waals surface area contributed by atoms with Gasteiger partial charge in [-0.05, 0) is 17.5 Å². The number of hydrogen-bond donors (Lipinski definition) is 1. The summed E-state index contributed by atoms with van der Waals surface area (Å²) in [6.45, 7) is 0.472. The van der Waals surface area contributed by atoms with Crippen molar-refractivity contribution >= 4 is 28.6 Å². The molecule has 1 N–H and O–H groups in total. The van der Waals surface area contributed by atoms with Crippen LogP contribution in [0.25, 0.3) is 0 Å². The second-order valence-corrected chi connectivity index (χ2v) is 4.62. The van der Waals surface area contributed by atoms with Gasteiger partial charge in [0.15, 0.2) is 5.82 Å². The van der Waals surface area contributed by atoms with Crippen LogP contribution >= 0.6 is 22.9 Å². The molecule has 0 saturated carbocycles. The number of hydrogen-bond acceptors (Lipinski definition) is 2. The Hall–Kier alpha value is -1.13. The molecule has 0 atom stereocenters. The molecule has 1 aromatic carbocycles. The number of rotatable bonds is 3. The third kappa shape index (κ3) is 2.51. The highest BCUT2D eigenvalue weighted by Gasteiger charge is 2.09. The molecule has 0 saturated heterocycles. The van der Waals surface area contributed by atoms with E-state index >= 15 is 0 Å². The fourth-order valence-corrected chi connectivity index (χ4v) is 2.21. The largest absolute Gasteiger partial charge is 0.377 e. The molecule has 0 bridgehead atoms. The van der Waals surface area contributed by atoms with Crippen LogP contribution in [-0.4, -0.2) is 0 Å². The molecule has 2 rings (SSSR count). The molecule has 1 heterocycles. The molecule has 0 aliphatic carbocycles. The van der Waals surface area contributed by atoms with Gasteiger partial charge in [-0.15, -0.1) is 11.3 Å². The minimum atomic E-state index is -0.679. The SMILES string of the molecule is Fc1cc(F)c(NCc2cccs2)c(Cl)c1. The van der Waals surface area contributed by atoms with Gasteiger partial charge in [-0.25, -0.2) is 8.78 Å². The predicted octanol–water partition coefficient (Wildman–Crippen LogP) is 4.29. The van der Waals surface area contributed by atoms with E-state index in [1.165, 1.54) is 0 Å². The predicted molar refractivity (Wildman–Crippen MR) is 63.0 cm³/mol. The summed E-state index contributed by atoms with van der Waals surface area (Å²) in [7, 11) is 0. The Balaban J connectivity index is 2.15. The topological polar surface area (TPSA) is 12.0 Å². The molecule has 2 aromatic rings. The Labute approximate surface area is 101 Å². The lowest BCUT2D eigenvalue weighted by atomic mass is 10.3. The maximum Gasteiger partial charge on any atom is 0.150 e. The molecule has 1 aromatic heterocycles. The molecular weight excluding hydrogens is 252 g/mol. The van der Waals surface area contributed by atoms with Crippen molar-refractivity contribution < 1.29 is 8.78 Å². The first-order valence-corrected chi connectivity index (χ1v) is 5.83. The summed E-state index contributed by atoms with van der Waals surface area (Å²) in [6.07, 6.45) is 0. The van der Waals surface area contributed by atoms with Crippen molar-refractivity contribution in [2.75, 3.05) is 5.32 Å². The molecule has 16 heavy (non-hydrogen) atoms. The molecule has 0 unspecified atom stereocenters. The lowest BCUT2D eigenvalue weighted by molar-refractivity contribution is 0.585. The molecule has 0 spiro atoms. The van der Waals surface area contributed by atoms with E-state index in [4.69, 9.17) is 11.6 Å². The minimum absolute atomic E-state index is 0.0501. The summed E-state index contributed by atoms with van der Waals surface area (Å²) in [4.78, 5) is 1.06. The van der Waals surface area contributed by atoms with Crippen LogP contribution in [0.1, 0.15) is 4.88 Å². The van der Waals surface area contributed by atoms with Crippen molar-refractivity contribution in [2.24, 2.45) is 0 Å². The van der Waals surface area contributed by atoms with Gasteiger partial charge in [0.2, 0.25) is 0 Å². The average molecular weight is 260 g/mol. The standard InChI is InChI=1S/C11H8ClF2NS/c12-9-4-7(13)5-10(14)11(9)15-6-8-2-1-3-16-8/h1-5,15H,6H2. The van der Waals surface area contributed by atoms with Gasteiger partial charge in [0, 0.05) is 17.5 Å². The highest BCUT2D eigenvalue weighted by molar-refractivity contribution is 7.09. The van der Waals surface area contributed by atoms with E-state index in [9.17, 15) is 8.78 Å². The van der Waals surface area contributed by atoms with Crippen molar-refractivity contribution in [1.29, 1.82) is 0 Å². The highest BCUT2D eigenvalue weighted by Crippen LogP contribution is 2.27. The monoisotopic (exact) mass is 259 g/mol. The average Bonchev–Trinajstić information content (AvgIpc) is 2.68. The molecule has 5 heteroatoms. The van der Waals surface area contributed by atoms with Gasteiger partial charge < -0.3 is 5.32 Å². The lowest BCUT2D eigenvalue weighted by Crippen LogP contribution is -2.01. The van der Waals surface area contributed by atoms with E-state index in [1.807, 2.05) is 17.5 Å². The summed E-state index contributed by atoms with van der Waals surface area (Å²) < 4.78 is 26.1. The van der Waals surface area contributed by atoms with Crippen molar-refractivity contribution in [3.63, 3.8) is 0 Å². The van der Waals surface area contributed by atoms with Crippen LogP contribution < -0.4 is 5.32 Å². The van der Waals surface area contributed by atoms with Gasteiger partial charge in [0.05, 0.1) is 10.7 Å². The summed E-state index contributed by atoms with van der Waals surface area (Å²) in [6, 6.07) is 5.72. The van der Waals surface area contributed by atoms with Gasteiger partial charge in [-0.2, -0.15) is 0 Å². The van der Waals surface area contributed by atoms with Crippen molar-refractivity contribution in [1.82, 2.24) is 0 Å². The first-order valence-electron chi connectivity index (χ1n) is 4.57. The van der Waals surface area contributed by atoms with Crippen LogP contribution in [0, 0.1) is 11.6 Å². The molecule has 0 radical (unpaired) electrons. The molecule has 0 amide bonds. The highest BCUT2D eigenvalue weighted by atomic mass is 35.5. The molecule has 0 aliphatic rings. The van der Waals surface area contributed by atoms with E-state index in [1.54, 1.807) is 11.3 Å². The number of benzene rings is 1. The molecule has 0 fully saturated rings. The van der Waals surface area contributed by atoms with E-state index in [0.29, 0.717) is 6.54 Å². The van der Waals surface area contributed by atoms with Gasteiger partial charge in [0.25, 0.3) is 0 Å². The van der Waals surface area contributed by atoms with Crippen LogP contribution in [0.15, 0.2) is 29.6 Å². The Bertz CT molecular complexity index is 462. The minimum Gasteiger partial charge on any atom is -0.377 e. The third-order valence-electron chi connectivity index (χ3n) is 2.03. The van der Waals surface area contributed by atoms with Gasteiger partial charge in [0.1, 0.15) is 5.82 Å². The van der Waals surface area contributed by atoms with Crippen LogP contribution in [-0.2, 0) is 6.54 Å². The molecular formula is C11H8ClF2NS. The van der Waals surface area contributed by atoms with Crippen LogP contribution in [0.4, 0.5) is 14.5 Å². The van der Waals surface area contributed by atoms with Gasteiger partial charge in [-0.3, -0.25) is 0 Å². The van der Waals surface area contributed by atoms with Crippen molar-refractivity contribution in [3.05, 3.63) is 51.2 Å². The van der Waals surface area contributed by atoms with E-state index in [2.05, 4.69) is 5.32 Å². The number of thiophene rings is 1. The molecule has 0 aliphatic heterocycles. The second kappa shape index (κ2) is 4.80. The maximum atomic E-state index is 13.4. The number of anilines is 1. The first-order chi connectivity index (χ1) is 7.66. The zero-order valence-electron chi connectivity index (χ0n) is 8.14. The van der Waals surface area contributed by atoms with Crippen LogP contribution in [0.2, 0.25) is 5.02 Å². The first kappa shape index (κ1) is 11.4. The van der Waals surface area contributed by atoms with Gasteiger partial charge in [-0.1, -0.05) is 17.7 Å². The summed E-state index contributed by atoms with van der Waals surface area (Å²) in [5.74, 6) is -1.36. The summed E-state index contributed by atoms with van der Waals surface area (Å²) in [5.41, 5.74) is 0.136. The Morgan fingerprint density at radius 1 is 1.31 bits per heavy atom. The molecule has 1 nitrogen and oxygen atoms in total. The zero-order valence-corrected chi connectivity index (χ0v) is 9.71. The van der Waals surface area contributed by atoms with E-state index in [0.717, 1.165) is 17.0 Å². The number of nitrogens with one attached hydrogen (secondary N) is 1. The van der Waals surface area contributed by atoms with Crippen molar-refractivity contribution in [3.8, 4) is 0 Å². The Morgan fingerprint density at radius 3 is 2.75 bits per heavy atom. The Kier molecular flexibility index (Phi) is 3.41. The van der Waals surface area contributed by atoms with Crippen molar-refractivity contribution in [2.45, 2.75) is 6.54 Å². The molecule has 84 valence electrons. The van der Waals surface area contributed by atoms with Crippen LogP contribution in [0.5, 0.6) is 0 Å².